The molecule has 2 aromatic carbocycles. The number of piperazine rings is 1. The summed E-state index contributed by atoms with van der Waals surface area (Å²) in [5, 5.41) is -0.206. The van der Waals surface area contributed by atoms with Gasteiger partial charge in [0.1, 0.15) is 0 Å². The van der Waals surface area contributed by atoms with Crippen molar-refractivity contribution in [1.82, 2.24) is 4.90 Å². The van der Waals surface area contributed by atoms with Gasteiger partial charge in [0.15, 0.2) is 0 Å². The quantitative estimate of drug-likeness (QED) is 0.676. The summed E-state index contributed by atoms with van der Waals surface area (Å²) in [5.74, 6) is 0.0641. The van der Waals surface area contributed by atoms with E-state index in [0.717, 1.165) is 11.0 Å². The Hall–Kier alpha value is -2.15. The summed E-state index contributed by atoms with van der Waals surface area (Å²) in [4.78, 5) is 17.5. The van der Waals surface area contributed by atoms with Gasteiger partial charge >= 0.3 is 6.18 Å². The number of hydrogen-bond acceptors (Lipinski definition) is 3. The van der Waals surface area contributed by atoms with Crippen molar-refractivity contribution in [2.75, 3.05) is 31.1 Å². The first kappa shape index (κ1) is 20.6. The van der Waals surface area contributed by atoms with Crippen LogP contribution in [0, 0.1) is 6.92 Å². The van der Waals surface area contributed by atoms with Crippen LogP contribution in [0.2, 0.25) is 0 Å². The summed E-state index contributed by atoms with van der Waals surface area (Å²) >= 11 is 1.53. The minimum atomic E-state index is -4.35. The van der Waals surface area contributed by atoms with E-state index in [0.29, 0.717) is 31.9 Å². The van der Waals surface area contributed by atoms with Crippen molar-refractivity contribution in [3.63, 3.8) is 0 Å². The Bertz CT molecular complexity index is 815. The van der Waals surface area contributed by atoms with Crippen LogP contribution in [0.5, 0.6) is 0 Å². The molecule has 1 amide bonds. The van der Waals surface area contributed by atoms with Gasteiger partial charge in [-0.3, -0.25) is 4.79 Å². The summed E-state index contributed by atoms with van der Waals surface area (Å²) in [6, 6.07) is 13.4. The van der Waals surface area contributed by atoms with E-state index in [4.69, 9.17) is 0 Å². The first-order chi connectivity index (χ1) is 13.2. The zero-order valence-corrected chi connectivity index (χ0v) is 16.7. The minimum Gasteiger partial charge on any atom is -0.368 e. The van der Waals surface area contributed by atoms with Crippen LogP contribution in [-0.4, -0.2) is 42.2 Å². The molecule has 28 heavy (non-hydrogen) atoms. The normalized spacial score (nSPS) is 16.2. The molecule has 3 nitrogen and oxygen atoms in total. The fourth-order valence-electron chi connectivity index (χ4n) is 3.19. The third-order valence-corrected chi connectivity index (χ3v) is 5.91. The molecule has 3 rings (SSSR count). The maximum atomic E-state index is 12.9. The highest BCUT2D eigenvalue weighted by Crippen LogP contribution is 2.32. The fraction of sp³-hybridized carbons (Fsp3) is 0.381. The number of alkyl halides is 3. The van der Waals surface area contributed by atoms with Crippen molar-refractivity contribution < 1.29 is 18.0 Å². The van der Waals surface area contributed by atoms with Gasteiger partial charge in [-0.05, 0) is 44.2 Å². The highest BCUT2D eigenvalue weighted by Gasteiger charge is 2.31. The summed E-state index contributed by atoms with van der Waals surface area (Å²) < 4.78 is 38.8. The Balaban J connectivity index is 1.57. The van der Waals surface area contributed by atoms with Gasteiger partial charge in [0, 0.05) is 36.8 Å². The number of hydrogen-bond donors (Lipinski definition) is 0. The number of halogens is 3. The predicted molar refractivity (Wildman–Crippen MR) is 107 cm³/mol. The Morgan fingerprint density at radius 2 is 1.68 bits per heavy atom. The number of carbonyl (C=O) groups excluding carboxylic acids is 1. The highest BCUT2D eigenvalue weighted by molar-refractivity contribution is 8.00. The largest absolute Gasteiger partial charge is 0.416 e. The van der Waals surface area contributed by atoms with E-state index in [1.165, 1.54) is 29.5 Å². The number of aryl methyl sites for hydroxylation is 1. The zero-order valence-electron chi connectivity index (χ0n) is 15.9. The van der Waals surface area contributed by atoms with Crippen LogP contribution in [0.4, 0.5) is 18.9 Å². The number of carbonyl (C=O) groups is 1. The second kappa shape index (κ2) is 8.47. The molecule has 7 heteroatoms. The third-order valence-electron chi connectivity index (χ3n) is 4.81. The minimum absolute atomic E-state index is 0.0641. The standard InChI is InChI=1S/C21H23F3N2OS/c1-15-6-8-19(9-7-15)28-16(2)20(27)26-12-10-25(11-13-26)18-5-3-4-17(14-18)21(22,23)24/h3-9,14,16H,10-13H2,1-2H3/t16-/m0/s1. The van der Waals surface area contributed by atoms with Crippen LogP contribution < -0.4 is 4.90 Å². The summed E-state index contributed by atoms with van der Waals surface area (Å²) in [6.07, 6.45) is -4.35. The van der Waals surface area contributed by atoms with Crippen LogP contribution in [-0.2, 0) is 11.0 Å². The maximum Gasteiger partial charge on any atom is 0.416 e. The number of amides is 1. The number of anilines is 1. The van der Waals surface area contributed by atoms with Crippen molar-refractivity contribution in [3.8, 4) is 0 Å². The van der Waals surface area contributed by atoms with Gasteiger partial charge < -0.3 is 9.80 Å². The monoisotopic (exact) mass is 408 g/mol. The molecular weight excluding hydrogens is 385 g/mol. The second-order valence-corrected chi connectivity index (χ2v) is 8.35. The zero-order chi connectivity index (χ0) is 20.3. The maximum absolute atomic E-state index is 12.9. The summed E-state index contributed by atoms with van der Waals surface area (Å²) in [7, 11) is 0. The number of benzene rings is 2. The fourth-order valence-corrected chi connectivity index (χ4v) is 4.14. The predicted octanol–water partition coefficient (Wildman–Crippen LogP) is 4.84. The average molecular weight is 408 g/mol. The van der Waals surface area contributed by atoms with Gasteiger partial charge in [-0.1, -0.05) is 23.8 Å². The van der Waals surface area contributed by atoms with E-state index in [1.54, 1.807) is 11.0 Å². The molecule has 0 saturated carbocycles. The smallest absolute Gasteiger partial charge is 0.368 e. The molecule has 0 aromatic heterocycles. The van der Waals surface area contributed by atoms with Gasteiger partial charge in [-0.25, -0.2) is 0 Å². The summed E-state index contributed by atoms with van der Waals surface area (Å²) in [6.45, 7) is 5.98. The molecular formula is C21H23F3N2OS. The van der Waals surface area contributed by atoms with Crippen molar-refractivity contribution >= 4 is 23.4 Å². The molecule has 150 valence electrons. The van der Waals surface area contributed by atoms with E-state index < -0.39 is 11.7 Å². The Morgan fingerprint density at radius 1 is 1.04 bits per heavy atom. The van der Waals surface area contributed by atoms with Crippen molar-refractivity contribution in [1.29, 1.82) is 0 Å². The molecule has 0 unspecified atom stereocenters. The SMILES string of the molecule is Cc1ccc(S[C@@H](C)C(=O)N2CCN(c3cccc(C(F)(F)F)c3)CC2)cc1. The third kappa shape index (κ3) is 5.01. The van der Waals surface area contributed by atoms with Crippen molar-refractivity contribution in [3.05, 3.63) is 59.7 Å². The van der Waals surface area contributed by atoms with Crippen LogP contribution in [0.3, 0.4) is 0 Å². The molecule has 1 heterocycles. The Morgan fingerprint density at radius 3 is 2.29 bits per heavy atom. The number of thioether (sulfide) groups is 1. The average Bonchev–Trinajstić information content (AvgIpc) is 2.69. The van der Waals surface area contributed by atoms with Crippen molar-refractivity contribution in [2.45, 2.75) is 30.2 Å². The van der Waals surface area contributed by atoms with Crippen LogP contribution in [0.25, 0.3) is 0 Å². The molecule has 1 aliphatic heterocycles. The molecule has 1 atom stereocenters. The van der Waals surface area contributed by atoms with Crippen LogP contribution in [0.1, 0.15) is 18.1 Å². The lowest BCUT2D eigenvalue weighted by atomic mass is 10.1. The lowest BCUT2D eigenvalue weighted by molar-refractivity contribution is -0.137. The second-order valence-electron chi connectivity index (χ2n) is 6.93. The molecule has 1 saturated heterocycles. The number of rotatable bonds is 4. The molecule has 0 spiro atoms. The Kier molecular flexibility index (Phi) is 6.23. The van der Waals surface area contributed by atoms with E-state index >= 15 is 0 Å². The van der Waals surface area contributed by atoms with E-state index in [1.807, 2.05) is 43.0 Å². The highest BCUT2D eigenvalue weighted by atomic mass is 32.2. The van der Waals surface area contributed by atoms with Gasteiger partial charge in [0.25, 0.3) is 0 Å². The molecule has 0 bridgehead atoms. The first-order valence-electron chi connectivity index (χ1n) is 9.18. The van der Waals surface area contributed by atoms with Gasteiger partial charge in [-0.2, -0.15) is 13.2 Å². The van der Waals surface area contributed by atoms with Gasteiger partial charge in [0.05, 0.1) is 10.8 Å². The molecule has 0 aliphatic carbocycles. The summed E-state index contributed by atoms with van der Waals surface area (Å²) in [5.41, 5.74) is 1.07. The van der Waals surface area contributed by atoms with E-state index in [2.05, 4.69) is 0 Å². The van der Waals surface area contributed by atoms with E-state index in [-0.39, 0.29) is 11.2 Å². The topological polar surface area (TPSA) is 23.6 Å². The Labute approximate surface area is 167 Å². The molecule has 1 aliphatic rings. The molecule has 0 radical (unpaired) electrons. The molecule has 2 aromatic rings. The number of nitrogens with zero attached hydrogens (tertiary/aromatic N) is 2. The van der Waals surface area contributed by atoms with Crippen LogP contribution in [0.15, 0.2) is 53.4 Å². The first-order valence-corrected chi connectivity index (χ1v) is 10.1. The molecule has 1 fully saturated rings. The lowest BCUT2D eigenvalue weighted by Crippen LogP contribution is -2.50. The van der Waals surface area contributed by atoms with Gasteiger partial charge in [0.2, 0.25) is 5.91 Å². The van der Waals surface area contributed by atoms with Crippen molar-refractivity contribution in [2.24, 2.45) is 0 Å². The van der Waals surface area contributed by atoms with Gasteiger partial charge in [-0.15, -0.1) is 11.8 Å². The van der Waals surface area contributed by atoms with E-state index in [9.17, 15) is 18.0 Å². The molecule has 0 N–H and O–H groups in total. The van der Waals surface area contributed by atoms with Crippen LogP contribution >= 0.6 is 11.8 Å². The lowest BCUT2D eigenvalue weighted by Gasteiger charge is -2.37.